The Bertz CT molecular complexity index is 1240. The molecule has 0 aliphatic rings. The molecule has 3 aromatic carbocycles. The second-order valence-corrected chi connectivity index (χ2v) is 10.7. The number of phenolic OH excluding ortho intramolecular Hbond substituents is 1. The highest BCUT2D eigenvalue weighted by atomic mass is 32.2. The van der Waals surface area contributed by atoms with E-state index in [0.717, 1.165) is 35.8 Å². The highest BCUT2D eigenvalue weighted by Crippen LogP contribution is 2.41. The average molecular weight is 483 g/mol. The van der Waals surface area contributed by atoms with E-state index in [2.05, 4.69) is 19.9 Å². The summed E-state index contributed by atoms with van der Waals surface area (Å²) < 4.78 is 27.7. The number of para-hydroxylation sites is 1. The van der Waals surface area contributed by atoms with Crippen LogP contribution < -0.4 is 10.0 Å². The fourth-order valence-electron chi connectivity index (χ4n) is 4.40. The number of aromatic hydroxyl groups is 1. The molecule has 0 bridgehead atoms. The Hall–Kier alpha value is -2.87. The molecule has 0 amide bonds. The van der Waals surface area contributed by atoms with Crippen LogP contribution in [0.25, 0.3) is 0 Å². The SMILES string of the molecule is CCc1ccc(C(Cc2ccccc2)N(c2cccc(C(C)(N)O)c2O)S(C)(=O)=O)cc1CC. The van der Waals surface area contributed by atoms with Crippen LogP contribution in [0.2, 0.25) is 0 Å². The van der Waals surface area contributed by atoms with Crippen molar-refractivity contribution in [3.05, 3.63) is 94.5 Å². The monoisotopic (exact) mass is 482 g/mol. The zero-order valence-corrected chi connectivity index (χ0v) is 21.0. The lowest BCUT2D eigenvalue weighted by Gasteiger charge is -2.34. The second-order valence-electron chi connectivity index (χ2n) is 8.82. The van der Waals surface area contributed by atoms with Gasteiger partial charge in [-0.05, 0) is 54.5 Å². The summed E-state index contributed by atoms with van der Waals surface area (Å²) in [5.74, 6) is -0.362. The summed E-state index contributed by atoms with van der Waals surface area (Å²) in [6.45, 7) is 5.52. The van der Waals surface area contributed by atoms with E-state index in [1.54, 1.807) is 6.07 Å². The molecule has 0 aromatic heterocycles. The third kappa shape index (κ3) is 5.60. The van der Waals surface area contributed by atoms with E-state index in [-0.39, 0.29) is 17.0 Å². The molecule has 0 fully saturated rings. The van der Waals surface area contributed by atoms with Crippen molar-refractivity contribution >= 4 is 15.7 Å². The van der Waals surface area contributed by atoms with Crippen LogP contribution in [0.5, 0.6) is 5.75 Å². The topological polar surface area (TPSA) is 104 Å². The van der Waals surface area contributed by atoms with E-state index in [1.807, 2.05) is 42.5 Å². The highest BCUT2D eigenvalue weighted by molar-refractivity contribution is 7.92. The Morgan fingerprint density at radius 3 is 2.18 bits per heavy atom. The van der Waals surface area contributed by atoms with Gasteiger partial charge in [-0.1, -0.05) is 74.5 Å². The fourth-order valence-corrected chi connectivity index (χ4v) is 5.56. The number of hydrogen-bond donors (Lipinski definition) is 3. The van der Waals surface area contributed by atoms with Gasteiger partial charge in [-0.25, -0.2) is 8.42 Å². The number of anilines is 1. The lowest BCUT2D eigenvalue weighted by molar-refractivity contribution is 0.0622. The first-order valence-electron chi connectivity index (χ1n) is 11.5. The van der Waals surface area contributed by atoms with E-state index in [0.29, 0.717) is 6.42 Å². The Balaban J connectivity index is 2.27. The number of benzene rings is 3. The number of aliphatic hydroxyl groups is 1. The maximum Gasteiger partial charge on any atom is 0.232 e. The summed E-state index contributed by atoms with van der Waals surface area (Å²) in [5.41, 5.74) is 8.30. The van der Waals surface area contributed by atoms with Crippen molar-refractivity contribution in [3.63, 3.8) is 0 Å². The number of rotatable bonds is 9. The molecule has 34 heavy (non-hydrogen) atoms. The number of aryl methyl sites for hydroxylation is 2. The molecular weight excluding hydrogens is 448 g/mol. The first-order chi connectivity index (χ1) is 16.0. The van der Waals surface area contributed by atoms with E-state index in [4.69, 9.17) is 5.73 Å². The van der Waals surface area contributed by atoms with Crippen LogP contribution in [0, 0.1) is 0 Å². The number of nitrogens with zero attached hydrogens (tertiary/aromatic N) is 1. The third-order valence-electron chi connectivity index (χ3n) is 6.09. The molecule has 0 radical (unpaired) electrons. The summed E-state index contributed by atoms with van der Waals surface area (Å²) in [7, 11) is -3.85. The van der Waals surface area contributed by atoms with E-state index < -0.39 is 21.8 Å². The van der Waals surface area contributed by atoms with Crippen LogP contribution in [0.15, 0.2) is 66.7 Å². The zero-order chi connectivity index (χ0) is 25.1. The van der Waals surface area contributed by atoms with Gasteiger partial charge in [-0.15, -0.1) is 0 Å². The molecule has 3 aromatic rings. The molecule has 3 rings (SSSR count). The van der Waals surface area contributed by atoms with E-state index in [9.17, 15) is 18.6 Å². The highest BCUT2D eigenvalue weighted by Gasteiger charge is 2.33. The van der Waals surface area contributed by atoms with E-state index in [1.165, 1.54) is 28.9 Å². The van der Waals surface area contributed by atoms with Gasteiger partial charge in [0.1, 0.15) is 11.5 Å². The lowest BCUT2D eigenvalue weighted by Crippen LogP contribution is -2.37. The molecule has 4 N–H and O–H groups in total. The van der Waals surface area contributed by atoms with Crippen molar-refractivity contribution in [3.8, 4) is 5.75 Å². The Kier molecular flexibility index (Phi) is 7.70. The minimum Gasteiger partial charge on any atom is -0.505 e. The van der Waals surface area contributed by atoms with Gasteiger partial charge < -0.3 is 10.2 Å². The first-order valence-corrected chi connectivity index (χ1v) is 13.3. The summed E-state index contributed by atoms with van der Waals surface area (Å²) in [4.78, 5) is 0. The average Bonchev–Trinajstić information content (AvgIpc) is 2.78. The van der Waals surface area contributed by atoms with Crippen molar-refractivity contribution in [2.75, 3.05) is 10.6 Å². The molecule has 0 saturated carbocycles. The molecule has 0 aliphatic carbocycles. The third-order valence-corrected chi connectivity index (χ3v) is 7.25. The minimum absolute atomic E-state index is 0.0488. The van der Waals surface area contributed by atoms with Crippen LogP contribution in [-0.2, 0) is 35.0 Å². The number of sulfonamides is 1. The minimum atomic E-state index is -3.85. The van der Waals surface area contributed by atoms with Crippen molar-refractivity contribution in [2.45, 2.75) is 51.8 Å². The van der Waals surface area contributed by atoms with Crippen LogP contribution >= 0.6 is 0 Å². The Morgan fingerprint density at radius 1 is 0.971 bits per heavy atom. The van der Waals surface area contributed by atoms with Crippen molar-refractivity contribution in [1.29, 1.82) is 0 Å². The molecule has 2 unspecified atom stereocenters. The van der Waals surface area contributed by atoms with Gasteiger partial charge in [-0.2, -0.15) is 0 Å². The second kappa shape index (κ2) is 10.2. The largest absolute Gasteiger partial charge is 0.505 e. The molecule has 0 heterocycles. The Labute approximate surface area is 202 Å². The summed E-state index contributed by atoms with van der Waals surface area (Å²) in [6.07, 6.45) is 3.23. The van der Waals surface area contributed by atoms with Gasteiger partial charge in [0.25, 0.3) is 0 Å². The van der Waals surface area contributed by atoms with Crippen molar-refractivity contribution < 1.29 is 18.6 Å². The summed E-state index contributed by atoms with van der Waals surface area (Å²) in [5, 5.41) is 21.4. The molecule has 0 aliphatic heterocycles. The predicted molar refractivity (Wildman–Crippen MR) is 137 cm³/mol. The molecule has 182 valence electrons. The zero-order valence-electron chi connectivity index (χ0n) is 20.2. The van der Waals surface area contributed by atoms with Gasteiger partial charge in [0, 0.05) is 5.56 Å². The molecular formula is C27H34N2O4S. The van der Waals surface area contributed by atoms with Crippen LogP contribution in [0.3, 0.4) is 0 Å². The lowest BCUT2D eigenvalue weighted by atomic mass is 9.93. The van der Waals surface area contributed by atoms with Crippen molar-refractivity contribution in [2.24, 2.45) is 5.73 Å². The van der Waals surface area contributed by atoms with Crippen molar-refractivity contribution in [1.82, 2.24) is 0 Å². The smallest absolute Gasteiger partial charge is 0.232 e. The molecule has 0 spiro atoms. The normalized spacial score (nSPS) is 14.4. The summed E-state index contributed by atoms with van der Waals surface area (Å²) in [6, 6.07) is 19.7. The van der Waals surface area contributed by atoms with Gasteiger partial charge in [-0.3, -0.25) is 10.0 Å². The van der Waals surface area contributed by atoms with Crippen LogP contribution in [0.1, 0.15) is 54.6 Å². The van der Waals surface area contributed by atoms with Gasteiger partial charge in [0.05, 0.1) is 18.0 Å². The number of nitrogens with two attached hydrogens (primary N) is 1. The van der Waals surface area contributed by atoms with Gasteiger partial charge in [0.2, 0.25) is 10.0 Å². The quantitative estimate of drug-likeness (QED) is 0.393. The molecule has 2 atom stereocenters. The maximum absolute atomic E-state index is 13.2. The number of hydrogen-bond acceptors (Lipinski definition) is 5. The first kappa shape index (κ1) is 25.7. The Morgan fingerprint density at radius 2 is 1.62 bits per heavy atom. The van der Waals surface area contributed by atoms with Gasteiger partial charge in [0.15, 0.2) is 0 Å². The molecule has 0 saturated heterocycles. The van der Waals surface area contributed by atoms with Gasteiger partial charge >= 0.3 is 0 Å². The van der Waals surface area contributed by atoms with Crippen LogP contribution in [0.4, 0.5) is 5.69 Å². The molecule has 6 nitrogen and oxygen atoms in total. The van der Waals surface area contributed by atoms with E-state index >= 15 is 0 Å². The maximum atomic E-state index is 13.2. The predicted octanol–water partition coefficient (Wildman–Crippen LogP) is 4.39. The van der Waals surface area contributed by atoms with Crippen LogP contribution in [-0.4, -0.2) is 24.9 Å². The number of phenols is 1. The standard InChI is InChI=1S/C27H34N2O4S/c1-5-20-15-16-22(18-21(20)6-2)25(17-19-11-8-7-9-12-19)29(34(4,32)33)24-14-10-13-23(26(24)30)27(3,28)31/h7-16,18,25,30-31H,5-6,17,28H2,1-4H3. The summed E-state index contributed by atoms with van der Waals surface area (Å²) >= 11 is 0. The molecule has 7 heteroatoms. The fraction of sp³-hybridized carbons (Fsp3) is 0.333.